The van der Waals surface area contributed by atoms with E-state index in [2.05, 4.69) is 35.2 Å². The molecule has 0 radical (unpaired) electrons. The lowest BCUT2D eigenvalue weighted by Crippen LogP contribution is -2.40. The van der Waals surface area contributed by atoms with E-state index in [-0.39, 0.29) is 36.9 Å². The van der Waals surface area contributed by atoms with E-state index in [1.165, 1.54) is 41.5 Å². The summed E-state index contributed by atoms with van der Waals surface area (Å²) in [5, 5.41) is 0. The molecule has 2 heterocycles. The normalized spacial score (nSPS) is 18.3. The van der Waals surface area contributed by atoms with Gasteiger partial charge in [-0.2, -0.15) is 0 Å². The minimum atomic E-state index is -0.683. The van der Waals surface area contributed by atoms with Crippen LogP contribution < -0.4 is 4.90 Å². The molecule has 5 rings (SSSR count). The molecule has 0 N–H and O–H groups in total. The number of piperidine rings is 1. The van der Waals surface area contributed by atoms with Gasteiger partial charge in [-0.15, -0.1) is 0 Å². The first-order valence-electron chi connectivity index (χ1n) is 14.3. The van der Waals surface area contributed by atoms with E-state index in [4.69, 9.17) is 0 Å². The number of anilines is 1. The number of carbonyl (C=O) groups excluding carboxylic acids is 2. The average molecular weight is 546 g/mol. The van der Waals surface area contributed by atoms with E-state index < -0.39 is 17.6 Å². The Balaban J connectivity index is 1.16. The van der Waals surface area contributed by atoms with Crippen molar-refractivity contribution < 1.29 is 18.4 Å². The van der Waals surface area contributed by atoms with Gasteiger partial charge in [-0.1, -0.05) is 54.6 Å². The first kappa shape index (κ1) is 28.0. The molecule has 0 bridgehead atoms. The number of likely N-dealkylation sites (tertiary alicyclic amines) is 2. The molecule has 2 aliphatic heterocycles. The zero-order valence-electron chi connectivity index (χ0n) is 22.9. The number of nitrogens with zero attached hydrogens (tertiary/aromatic N) is 3. The van der Waals surface area contributed by atoms with Crippen LogP contribution in [0.4, 0.5) is 14.5 Å². The zero-order chi connectivity index (χ0) is 27.9. The number of carbonyl (C=O) groups is 2. The van der Waals surface area contributed by atoms with E-state index in [9.17, 15) is 18.4 Å². The van der Waals surface area contributed by atoms with Gasteiger partial charge in [-0.25, -0.2) is 8.78 Å². The van der Waals surface area contributed by atoms with Crippen LogP contribution in [0.2, 0.25) is 0 Å². The molecule has 210 valence electrons. The zero-order valence-corrected chi connectivity index (χ0v) is 22.9. The minimum Gasteiger partial charge on any atom is -0.337 e. The molecule has 3 aromatic rings. The van der Waals surface area contributed by atoms with Crippen LogP contribution in [0.1, 0.15) is 36.8 Å². The van der Waals surface area contributed by atoms with Gasteiger partial charge >= 0.3 is 0 Å². The molecule has 2 aliphatic rings. The van der Waals surface area contributed by atoms with Crippen molar-refractivity contribution in [3.63, 3.8) is 0 Å². The molecule has 2 fully saturated rings. The highest BCUT2D eigenvalue weighted by molar-refractivity contribution is 5.99. The summed E-state index contributed by atoms with van der Waals surface area (Å²) in [6.07, 6.45) is 4.37. The first-order valence-corrected chi connectivity index (χ1v) is 14.3. The van der Waals surface area contributed by atoms with Gasteiger partial charge < -0.3 is 14.7 Å². The Morgan fingerprint density at radius 2 is 1.52 bits per heavy atom. The first-order chi connectivity index (χ1) is 19.5. The summed E-state index contributed by atoms with van der Waals surface area (Å²) in [5.41, 5.74) is 2.07. The molecule has 5 nitrogen and oxygen atoms in total. The fraction of sp³-hybridized carbons (Fsp3) is 0.394. The van der Waals surface area contributed by atoms with Crippen LogP contribution in [0.15, 0.2) is 78.9 Å². The molecular formula is C33H37F2N3O2. The molecule has 7 heteroatoms. The van der Waals surface area contributed by atoms with Crippen molar-refractivity contribution in [3.8, 4) is 0 Å². The standard InChI is InChI=1S/C33H37F2N3O2/c34-30-13-7-14-31(35)29(30)24-37-23-27(22-32(37)39)33(40)38(28-11-5-2-6-12-28)18-8-17-36-19-15-26(16-20-36)21-25-9-3-1-4-10-25/h1-7,9-14,26-27H,8,15-24H2. The molecular weight excluding hydrogens is 508 g/mol. The van der Waals surface area contributed by atoms with Gasteiger partial charge in [0.15, 0.2) is 0 Å². The summed E-state index contributed by atoms with van der Waals surface area (Å²) in [6, 6.07) is 23.9. The van der Waals surface area contributed by atoms with Gasteiger partial charge in [-0.3, -0.25) is 9.59 Å². The van der Waals surface area contributed by atoms with Gasteiger partial charge in [-0.05, 0) is 81.1 Å². The lowest BCUT2D eigenvalue weighted by molar-refractivity contribution is -0.129. The molecule has 2 amide bonds. The molecule has 40 heavy (non-hydrogen) atoms. The Bertz CT molecular complexity index is 1260. The van der Waals surface area contributed by atoms with Crippen LogP contribution >= 0.6 is 0 Å². The number of hydrogen-bond acceptors (Lipinski definition) is 3. The van der Waals surface area contributed by atoms with Crippen LogP contribution in [-0.4, -0.2) is 54.3 Å². The average Bonchev–Trinajstić information content (AvgIpc) is 3.34. The Morgan fingerprint density at radius 3 is 2.20 bits per heavy atom. The van der Waals surface area contributed by atoms with Crippen molar-refractivity contribution in [2.75, 3.05) is 37.6 Å². The summed E-state index contributed by atoms with van der Waals surface area (Å²) in [4.78, 5) is 32.1. The number of rotatable bonds is 10. The maximum absolute atomic E-state index is 14.2. The van der Waals surface area contributed by atoms with Crippen molar-refractivity contribution in [3.05, 3.63) is 102 Å². The number of hydrogen-bond donors (Lipinski definition) is 0. The third kappa shape index (κ3) is 6.94. The van der Waals surface area contributed by atoms with Gasteiger partial charge in [0.1, 0.15) is 11.6 Å². The highest BCUT2D eigenvalue weighted by Gasteiger charge is 2.37. The van der Waals surface area contributed by atoms with Crippen LogP contribution in [0.25, 0.3) is 0 Å². The second-order valence-electron chi connectivity index (χ2n) is 11.0. The summed E-state index contributed by atoms with van der Waals surface area (Å²) in [5.74, 6) is -1.57. The van der Waals surface area contributed by atoms with Crippen LogP contribution in [0.5, 0.6) is 0 Å². The second-order valence-corrected chi connectivity index (χ2v) is 11.0. The van der Waals surface area contributed by atoms with E-state index >= 15 is 0 Å². The number of halogens is 2. The fourth-order valence-corrected chi connectivity index (χ4v) is 5.97. The predicted octanol–water partition coefficient (Wildman–Crippen LogP) is 5.69. The Morgan fingerprint density at radius 1 is 0.875 bits per heavy atom. The molecule has 0 aliphatic carbocycles. The monoisotopic (exact) mass is 545 g/mol. The Kier molecular flexibility index (Phi) is 9.22. The van der Waals surface area contributed by atoms with Crippen molar-refractivity contribution in [2.45, 2.75) is 38.6 Å². The maximum Gasteiger partial charge on any atom is 0.232 e. The largest absolute Gasteiger partial charge is 0.337 e. The molecule has 1 atom stereocenters. The van der Waals surface area contributed by atoms with E-state index in [0.29, 0.717) is 12.5 Å². The Hall–Kier alpha value is -3.58. The summed E-state index contributed by atoms with van der Waals surface area (Å²) in [6.45, 7) is 3.58. The molecule has 2 saturated heterocycles. The summed E-state index contributed by atoms with van der Waals surface area (Å²) >= 11 is 0. The third-order valence-electron chi connectivity index (χ3n) is 8.24. The lowest BCUT2D eigenvalue weighted by Gasteiger charge is -2.33. The molecule has 0 saturated carbocycles. The van der Waals surface area contributed by atoms with Gasteiger partial charge in [0.2, 0.25) is 11.8 Å². The molecule has 1 unspecified atom stereocenters. The number of amides is 2. The molecule has 0 aromatic heterocycles. The third-order valence-corrected chi connectivity index (χ3v) is 8.24. The maximum atomic E-state index is 14.2. The van der Waals surface area contributed by atoms with E-state index in [0.717, 1.165) is 38.2 Å². The van der Waals surface area contributed by atoms with Gasteiger partial charge in [0.05, 0.1) is 12.5 Å². The SMILES string of the molecule is O=C1CC(C(=O)N(CCCN2CCC(Cc3ccccc3)CC2)c2ccccc2)CN1Cc1c(F)cccc1F. The molecule has 0 spiro atoms. The quantitative estimate of drug-likeness (QED) is 0.329. The van der Waals surface area contributed by atoms with E-state index in [1.54, 1.807) is 4.90 Å². The predicted molar refractivity (Wildman–Crippen MR) is 153 cm³/mol. The fourth-order valence-electron chi connectivity index (χ4n) is 5.97. The minimum absolute atomic E-state index is 0.0488. The van der Waals surface area contributed by atoms with Crippen LogP contribution in [-0.2, 0) is 22.6 Å². The number of para-hydroxylation sites is 1. The van der Waals surface area contributed by atoms with Crippen molar-refractivity contribution in [1.82, 2.24) is 9.80 Å². The van der Waals surface area contributed by atoms with Crippen molar-refractivity contribution in [2.24, 2.45) is 11.8 Å². The van der Waals surface area contributed by atoms with Crippen LogP contribution in [0.3, 0.4) is 0 Å². The second kappa shape index (κ2) is 13.2. The highest BCUT2D eigenvalue weighted by Crippen LogP contribution is 2.27. The van der Waals surface area contributed by atoms with Crippen molar-refractivity contribution >= 4 is 17.5 Å². The lowest BCUT2D eigenvalue weighted by atomic mass is 9.90. The number of benzene rings is 3. The highest BCUT2D eigenvalue weighted by atomic mass is 19.1. The van der Waals surface area contributed by atoms with Gasteiger partial charge in [0.25, 0.3) is 0 Å². The topological polar surface area (TPSA) is 43.9 Å². The van der Waals surface area contributed by atoms with E-state index in [1.807, 2.05) is 30.3 Å². The summed E-state index contributed by atoms with van der Waals surface area (Å²) in [7, 11) is 0. The Labute approximate surface area is 235 Å². The van der Waals surface area contributed by atoms with Crippen LogP contribution in [0, 0.1) is 23.5 Å². The summed E-state index contributed by atoms with van der Waals surface area (Å²) < 4.78 is 28.4. The molecule has 3 aromatic carbocycles. The van der Waals surface area contributed by atoms with Crippen molar-refractivity contribution in [1.29, 1.82) is 0 Å². The van der Waals surface area contributed by atoms with Gasteiger partial charge in [0, 0.05) is 30.8 Å². The smallest absolute Gasteiger partial charge is 0.232 e.